The lowest BCUT2D eigenvalue weighted by Crippen LogP contribution is -2.52. The summed E-state index contributed by atoms with van der Waals surface area (Å²) in [4.78, 5) is 48.8. The zero-order valence-corrected chi connectivity index (χ0v) is 17.1. The fourth-order valence-electron chi connectivity index (χ4n) is 3.11. The molecule has 2 aromatic carbocycles. The number of esters is 2. The number of ether oxygens (including phenoxy) is 2. The highest BCUT2D eigenvalue weighted by atomic mass is 16.5. The van der Waals surface area contributed by atoms with E-state index in [2.05, 4.69) is 5.32 Å². The predicted octanol–water partition coefficient (Wildman–Crippen LogP) is 1.48. The number of benzene rings is 2. The Hall–Kier alpha value is -3.42. The predicted molar refractivity (Wildman–Crippen MR) is 110 cm³/mol. The molecule has 0 fully saturated rings. The average Bonchev–Trinajstić information content (AvgIpc) is 2.70. The third-order valence-corrected chi connectivity index (χ3v) is 4.49. The molecule has 0 saturated carbocycles. The Balaban J connectivity index is 2.16. The zero-order valence-electron chi connectivity index (χ0n) is 17.1. The Bertz CT molecular complexity index is 927. The van der Waals surface area contributed by atoms with Crippen molar-refractivity contribution in [2.75, 3.05) is 13.2 Å². The van der Waals surface area contributed by atoms with Crippen LogP contribution in [0.25, 0.3) is 10.8 Å². The SMILES string of the molecule is CCOC(=O)C[C@@H](C(=O)OCC)[C@H](NC(=O)Cc1ccc2ccccc2c1)C(N)=O. The van der Waals surface area contributed by atoms with Gasteiger partial charge < -0.3 is 20.5 Å². The third-order valence-electron chi connectivity index (χ3n) is 4.49. The van der Waals surface area contributed by atoms with E-state index in [0.29, 0.717) is 0 Å². The summed E-state index contributed by atoms with van der Waals surface area (Å²) in [5.41, 5.74) is 6.15. The first kappa shape index (κ1) is 22.9. The van der Waals surface area contributed by atoms with Crippen LogP contribution in [0.15, 0.2) is 42.5 Å². The highest BCUT2D eigenvalue weighted by Crippen LogP contribution is 2.17. The second-order valence-corrected chi connectivity index (χ2v) is 6.67. The van der Waals surface area contributed by atoms with E-state index in [1.54, 1.807) is 13.8 Å². The van der Waals surface area contributed by atoms with E-state index in [1.165, 1.54) is 0 Å². The molecule has 0 radical (unpaired) electrons. The van der Waals surface area contributed by atoms with Gasteiger partial charge in [0.25, 0.3) is 0 Å². The van der Waals surface area contributed by atoms with Gasteiger partial charge >= 0.3 is 11.9 Å². The lowest BCUT2D eigenvalue weighted by atomic mass is 9.95. The monoisotopic (exact) mass is 414 g/mol. The van der Waals surface area contributed by atoms with Gasteiger partial charge in [0, 0.05) is 0 Å². The molecule has 160 valence electrons. The summed E-state index contributed by atoms with van der Waals surface area (Å²) in [5.74, 6) is -4.22. The van der Waals surface area contributed by atoms with Gasteiger partial charge in [-0.3, -0.25) is 19.2 Å². The van der Waals surface area contributed by atoms with Crippen LogP contribution in [0, 0.1) is 5.92 Å². The van der Waals surface area contributed by atoms with Crippen LogP contribution in [-0.2, 0) is 35.1 Å². The summed E-state index contributed by atoms with van der Waals surface area (Å²) in [6.07, 6.45) is -0.458. The maximum absolute atomic E-state index is 12.6. The number of rotatable bonds is 10. The van der Waals surface area contributed by atoms with E-state index in [0.717, 1.165) is 16.3 Å². The number of fused-ring (bicyclic) bond motifs is 1. The van der Waals surface area contributed by atoms with Gasteiger partial charge in [0.1, 0.15) is 6.04 Å². The first-order valence-electron chi connectivity index (χ1n) is 9.74. The first-order chi connectivity index (χ1) is 14.3. The van der Waals surface area contributed by atoms with Crippen LogP contribution in [-0.4, -0.2) is 43.0 Å². The minimum atomic E-state index is -1.40. The second-order valence-electron chi connectivity index (χ2n) is 6.67. The number of nitrogens with two attached hydrogens (primary N) is 1. The van der Waals surface area contributed by atoms with Gasteiger partial charge in [-0.25, -0.2) is 0 Å². The van der Waals surface area contributed by atoms with Crippen LogP contribution in [0.3, 0.4) is 0 Å². The molecule has 0 aromatic heterocycles. The van der Waals surface area contributed by atoms with E-state index in [9.17, 15) is 19.2 Å². The topological polar surface area (TPSA) is 125 Å². The summed E-state index contributed by atoms with van der Waals surface area (Å²) in [7, 11) is 0. The van der Waals surface area contributed by atoms with Gasteiger partial charge in [-0.1, -0.05) is 42.5 Å². The first-order valence-corrected chi connectivity index (χ1v) is 9.74. The van der Waals surface area contributed by atoms with Gasteiger partial charge in [-0.15, -0.1) is 0 Å². The Morgan fingerprint density at radius 1 is 0.967 bits per heavy atom. The van der Waals surface area contributed by atoms with Crippen molar-refractivity contribution in [3.63, 3.8) is 0 Å². The summed E-state index contributed by atoms with van der Waals surface area (Å²) < 4.78 is 9.82. The minimum Gasteiger partial charge on any atom is -0.466 e. The standard InChI is InChI=1S/C22H26N2O6/c1-3-29-19(26)13-17(22(28)30-4-2)20(21(23)27)24-18(25)12-14-9-10-15-7-5-6-8-16(15)11-14/h5-11,17,20H,3-4,12-13H2,1-2H3,(H2,23,27)(H,24,25)/t17-,20+/m1/s1. The number of hydrogen-bond acceptors (Lipinski definition) is 6. The molecule has 0 saturated heterocycles. The number of hydrogen-bond donors (Lipinski definition) is 2. The summed E-state index contributed by atoms with van der Waals surface area (Å²) in [5, 5.41) is 4.49. The second kappa shape index (κ2) is 10.9. The Labute approximate surface area is 174 Å². The maximum atomic E-state index is 12.6. The van der Waals surface area contributed by atoms with Gasteiger partial charge in [0.15, 0.2) is 0 Å². The highest BCUT2D eigenvalue weighted by Gasteiger charge is 2.37. The molecule has 2 atom stereocenters. The van der Waals surface area contributed by atoms with E-state index in [4.69, 9.17) is 15.2 Å². The zero-order chi connectivity index (χ0) is 22.1. The van der Waals surface area contributed by atoms with Crippen LogP contribution in [0.4, 0.5) is 0 Å². The summed E-state index contributed by atoms with van der Waals surface area (Å²) >= 11 is 0. The molecule has 0 heterocycles. The quantitative estimate of drug-likeness (QED) is 0.568. The molecule has 30 heavy (non-hydrogen) atoms. The van der Waals surface area contributed by atoms with E-state index < -0.39 is 42.1 Å². The van der Waals surface area contributed by atoms with Crippen molar-refractivity contribution >= 4 is 34.5 Å². The average molecular weight is 414 g/mol. The van der Waals surface area contributed by atoms with Crippen molar-refractivity contribution in [1.29, 1.82) is 0 Å². The minimum absolute atomic E-state index is 0.0242. The van der Waals surface area contributed by atoms with E-state index in [1.807, 2.05) is 42.5 Å². The number of nitrogens with one attached hydrogen (secondary N) is 1. The van der Waals surface area contributed by atoms with Crippen LogP contribution < -0.4 is 11.1 Å². The van der Waals surface area contributed by atoms with Crippen LogP contribution in [0.2, 0.25) is 0 Å². The van der Waals surface area contributed by atoms with Gasteiger partial charge in [0.05, 0.1) is 32.0 Å². The highest BCUT2D eigenvalue weighted by molar-refractivity contribution is 5.93. The molecular weight excluding hydrogens is 388 g/mol. The summed E-state index contributed by atoms with van der Waals surface area (Å²) in [6.45, 7) is 3.38. The number of carbonyl (C=O) groups excluding carboxylic acids is 4. The van der Waals surface area contributed by atoms with Gasteiger partial charge in [-0.05, 0) is 30.2 Å². The number of amides is 2. The Morgan fingerprint density at radius 3 is 2.27 bits per heavy atom. The van der Waals surface area contributed by atoms with Crippen LogP contribution in [0.5, 0.6) is 0 Å². The van der Waals surface area contributed by atoms with Crippen molar-refractivity contribution in [3.8, 4) is 0 Å². The lowest BCUT2D eigenvalue weighted by molar-refractivity contribution is -0.157. The van der Waals surface area contributed by atoms with Crippen molar-refractivity contribution in [2.24, 2.45) is 11.7 Å². The lowest BCUT2D eigenvalue weighted by Gasteiger charge is -2.23. The number of carbonyl (C=O) groups is 4. The fourth-order valence-corrected chi connectivity index (χ4v) is 3.11. The maximum Gasteiger partial charge on any atom is 0.312 e. The molecule has 0 aliphatic rings. The van der Waals surface area contributed by atoms with Crippen molar-refractivity contribution < 1.29 is 28.7 Å². The molecule has 8 nitrogen and oxygen atoms in total. The molecule has 0 bridgehead atoms. The molecular formula is C22H26N2O6. The fraction of sp³-hybridized carbons (Fsp3) is 0.364. The molecule has 0 spiro atoms. The van der Waals surface area contributed by atoms with E-state index in [-0.39, 0.29) is 19.6 Å². The van der Waals surface area contributed by atoms with Crippen LogP contribution in [0.1, 0.15) is 25.8 Å². The van der Waals surface area contributed by atoms with Crippen molar-refractivity contribution in [1.82, 2.24) is 5.32 Å². The molecule has 8 heteroatoms. The summed E-state index contributed by atoms with van der Waals surface area (Å²) in [6, 6.07) is 11.9. The smallest absolute Gasteiger partial charge is 0.312 e. The molecule has 0 aliphatic carbocycles. The third kappa shape index (κ3) is 6.30. The molecule has 0 aliphatic heterocycles. The number of primary amides is 1. The van der Waals surface area contributed by atoms with E-state index >= 15 is 0 Å². The normalized spacial score (nSPS) is 12.6. The van der Waals surface area contributed by atoms with Gasteiger partial charge in [-0.2, -0.15) is 0 Å². The largest absolute Gasteiger partial charge is 0.466 e. The molecule has 0 unspecified atom stereocenters. The molecule has 2 amide bonds. The molecule has 2 aromatic rings. The molecule has 2 rings (SSSR count). The Kier molecular flexibility index (Phi) is 8.34. The molecule has 3 N–H and O–H groups in total. The van der Waals surface area contributed by atoms with Crippen LogP contribution >= 0.6 is 0 Å². The Morgan fingerprint density at radius 2 is 1.63 bits per heavy atom. The van der Waals surface area contributed by atoms with Gasteiger partial charge in [0.2, 0.25) is 11.8 Å². The van der Waals surface area contributed by atoms with Crippen molar-refractivity contribution in [3.05, 3.63) is 48.0 Å². The van der Waals surface area contributed by atoms with Crippen molar-refractivity contribution in [2.45, 2.75) is 32.7 Å².